The first-order chi connectivity index (χ1) is 11.0. The van der Waals surface area contributed by atoms with Crippen molar-refractivity contribution in [3.8, 4) is 0 Å². The van der Waals surface area contributed by atoms with Gasteiger partial charge in [0.15, 0.2) is 0 Å². The van der Waals surface area contributed by atoms with Crippen LogP contribution < -0.4 is 0 Å². The quantitative estimate of drug-likeness (QED) is 0.754. The number of hydrogen-bond acceptors (Lipinski definition) is 5. The van der Waals surface area contributed by atoms with Crippen molar-refractivity contribution in [2.45, 2.75) is 11.3 Å². The van der Waals surface area contributed by atoms with Crippen LogP contribution >= 0.6 is 45.9 Å². The monoisotopic (exact) mass is 410 g/mol. The number of sulfonamides is 1. The Morgan fingerprint density at radius 1 is 1.17 bits per heavy atom. The molecule has 0 atom stereocenters. The molecular formula is C14H16Cl2N2O2S3. The van der Waals surface area contributed by atoms with Crippen LogP contribution in [-0.4, -0.2) is 50.3 Å². The molecule has 2 aromatic heterocycles. The zero-order valence-corrected chi connectivity index (χ0v) is 16.2. The van der Waals surface area contributed by atoms with E-state index in [1.165, 1.54) is 15.2 Å². The van der Waals surface area contributed by atoms with E-state index in [4.69, 9.17) is 23.2 Å². The van der Waals surface area contributed by atoms with Gasteiger partial charge in [0.05, 0.1) is 4.34 Å². The molecule has 0 spiro atoms. The Labute approximate surface area is 154 Å². The van der Waals surface area contributed by atoms with Gasteiger partial charge in [-0.3, -0.25) is 0 Å². The van der Waals surface area contributed by atoms with Crippen LogP contribution in [0.2, 0.25) is 8.67 Å². The Bertz CT molecular complexity index is 751. The lowest BCUT2D eigenvalue weighted by Crippen LogP contribution is -2.48. The molecule has 0 unspecified atom stereocenters. The van der Waals surface area contributed by atoms with Crippen molar-refractivity contribution in [3.63, 3.8) is 0 Å². The van der Waals surface area contributed by atoms with Crippen LogP contribution in [0.5, 0.6) is 0 Å². The molecule has 1 aliphatic rings. The fourth-order valence-electron chi connectivity index (χ4n) is 2.56. The average Bonchev–Trinajstić information content (AvgIpc) is 3.15. The number of hydrogen-bond donors (Lipinski definition) is 0. The summed E-state index contributed by atoms with van der Waals surface area (Å²) in [4.78, 5) is 3.79. The van der Waals surface area contributed by atoms with Crippen molar-refractivity contribution in [1.82, 2.24) is 9.21 Å². The highest BCUT2D eigenvalue weighted by Crippen LogP contribution is 2.36. The molecule has 23 heavy (non-hydrogen) atoms. The van der Waals surface area contributed by atoms with E-state index in [0.29, 0.717) is 17.4 Å². The molecular weight excluding hydrogens is 395 g/mol. The minimum Gasteiger partial charge on any atom is -0.300 e. The van der Waals surface area contributed by atoms with Crippen molar-refractivity contribution in [2.75, 3.05) is 32.7 Å². The van der Waals surface area contributed by atoms with Gasteiger partial charge in [-0.15, -0.1) is 22.7 Å². The standard InChI is InChI=1S/C14H16Cl2N2O2S3/c15-13-10-12(14(16)22-13)23(19,20)18-7-5-17(6-8-18)4-3-11-2-1-9-21-11/h1-2,9-10H,3-8H2. The molecule has 0 bridgehead atoms. The smallest absolute Gasteiger partial charge is 0.245 e. The van der Waals surface area contributed by atoms with Gasteiger partial charge in [0, 0.05) is 37.6 Å². The highest BCUT2D eigenvalue weighted by molar-refractivity contribution is 7.89. The predicted molar refractivity (Wildman–Crippen MR) is 97.6 cm³/mol. The number of nitrogens with zero attached hydrogens (tertiary/aromatic N) is 2. The molecule has 2 aromatic rings. The number of thiophene rings is 2. The van der Waals surface area contributed by atoms with Crippen molar-refractivity contribution < 1.29 is 8.42 Å². The predicted octanol–water partition coefficient (Wildman–Crippen LogP) is 3.67. The Kier molecular flexibility index (Phi) is 5.68. The summed E-state index contributed by atoms with van der Waals surface area (Å²) in [6.07, 6.45) is 1.01. The average molecular weight is 411 g/mol. The van der Waals surface area contributed by atoms with E-state index < -0.39 is 10.0 Å². The molecule has 0 amide bonds. The van der Waals surface area contributed by atoms with Gasteiger partial charge in [0.1, 0.15) is 9.23 Å². The maximum Gasteiger partial charge on any atom is 0.245 e. The highest BCUT2D eigenvalue weighted by atomic mass is 35.5. The highest BCUT2D eigenvalue weighted by Gasteiger charge is 2.31. The summed E-state index contributed by atoms with van der Waals surface area (Å²) < 4.78 is 27.4. The van der Waals surface area contributed by atoms with Gasteiger partial charge in [-0.1, -0.05) is 29.3 Å². The third kappa shape index (κ3) is 4.10. The summed E-state index contributed by atoms with van der Waals surface area (Å²) in [7, 11) is -3.55. The molecule has 4 nitrogen and oxygen atoms in total. The van der Waals surface area contributed by atoms with Crippen LogP contribution in [-0.2, 0) is 16.4 Å². The maximum absolute atomic E-state index is 12.6. The topological polar surface area (TPSA) is 40.6 Å². The van der Waals surface area contributed by atoms with E-state index in [0.717, 1.165) is 37.4 Å². The molecule has 0 aliphatic carbocycles. The Balaban J connectivity index is 1.59. The summed E-state index contributed by atoms with van der Waals surface area (Å²) in [5.41, 5.74) is 0. The van der Waals surface area contributed by atoms with E-state index in [1.807, 2.05) is 0 Å². The fraction of sp³-hybridized carbons (Fsp3) is 0.429. The first-order valence-corrected chi connectivity index (χ1v) is 11.1. The molecule has 3 heterocycles. The molecule has 0 N–H and O–H groups in total. The fourth-order valence-corrected chi connectivity index (χ4v) is 6.79. The lowest BCUT2D eigenvalue weighted by atomic mass is 10.3. The van der Waals surface area contributed by atoms with E-state index in [2.05, 4.69) is 22.4 Å². The SMILES string of the molecule is O=S(=O)(c1cc(Cl)sc1Cl)N1CCN(CCc2cccs2)CC1. The van der Waals surface area contributed by atoms with Crippen molar-refractivity contribution in [2.24, 2.45) is 0 Å². The molecule has 0 saturated carbocycles. The second kappa shape index (κ2) is 7.39. The van der Waals surface area contributed by atoms with Crippen LogP contribution in [0.4, 0.5) is 0 Å². The molecule has 0 aromatic carbocycles. The van der Waals surface area contributed by atoms with Gasteiger partial charge in [0.25, 0.3) is 0 Å². The largest absolute Gasteiger partial charge is 0.300 e. The van der Waals surface area contributed by atoms with Crippen molar-refractivity contribution in [1.29, 1.82) is 0 Å². The third-order valence-electron chi connectivity index (χ3n) is 3.83. The minimum absolute atomic E-state index is 0.126. The number of halogens is 2. The molecule has 1 fully saturated rings. The molecule has 3 rings (SSSR count). The van der Waals surface area contributed by atoms with Gasteiger partial charge in [-0.25, -0.2) is 8.42 Å². The Morgan fingerprint density at radius 3 is 2.48 bits per heavy atom. The zero-order valence-electron chi connectivity index (χ0n) is 12.2. The lowest BCUT2D eigenvalue weighted by molar-refractivity contribution is 0.190. The van der Waals surface area contributed by atoms with E-state index in [9.17, 15) is 8.42 Å². The molecule has 9 heteroatoms. The first-order valence-electron chi connectivity index (χ1n) is 7.16. The summed E-state index contributed by atoms with van der Waals surface area (Å²) in [5.74, 6) is 0. The van der Waals surface area contributed by atoms with E-state index in [-0.39, 0.29) is 9.23 Å². The van der Waals surface area contributed by atoms with Gasteiger partial charge in [-0.05, 0) is 23.9 Å². The molecule has 1 saturated heterocycles. The maximum atomic E-state index is 12.6. The van der Waals surface area contributed by atoms with Gasteiger partial charge in [-0.2, -0.15) is 4.31 Å². The summed E-state index contributed by atoms with van der Waals surface area (Å²) in [6.45, 7) is 3.40. The lowest BCUT2D eigenvalue weighted by Gasteiger charge is -2.33. The summed E-state index contributed by atoms with van der Waals surface area (Å²) >= 11 is 14.7. The van der Waals surface area contributed by atoms with Crippen LogP contribution in [0.1, 0.15) is 4.88 Å². The van der Waals surface area contributed by atoms with Crippen LogP contribution in [0.3, 0.4) is 0 Å². The van der Waals surface area contributed by atoms with E-state index >= 15 is 0 Å². The van der Waals surface area contributed by atoms with E-state index in [1.54, 1.807) is 11.3 Å². The molecule has 1 aliphatic heterocycles. The summed E-state index contributed by atoms with van der Waals surface area (Å²) in [6, 6.07) is 5.63. The van der Waals surface area contributed by atoms with Gasteiger partial charge in [0.2, 0.25) is 10.0 Å². The van der Waals surface area contributed by atoms with Crippen LogP contribution in [0, 0.1) is 0 Å². The number of piperazine rings is 1. The first kappa shape index (κ1) is 17.7. The van der Waals surface area contributed by atoms with Crippen molar-refractivity contribution >= 4 is 55.9 Å². The zero-order chi connectivity index (χ0) is 16.4. The second-order valence-electron chi connectivity index (χ2n) is 5.26. The minimum atomic E-state index is -3.55. The van der Waals surface area contributed by atoms with Crippen molar-refractivity contribution in [3.05, 3.63) is 37.1 Å². The molecule has 126 valence electrons. The summed E-state index contributed by atoms with van der Waals surface area (Å²) in [5, 5.41) is 2.08. The van der Waals surface area contributed by atoms with Gasteiger partial charge >= 0.3 is 0 Å². The Morgan fingerprint density at radius 2 is 1.91 bits per heavy atom. The Hall–Kier alpha value is -0.150. The van der Waals surface area contributed by atoms with Crippen LogP contribution in [0.15, 0.2) is 28.5 Å². The van der Waals surface area contributed by atoms with Crippen LogP contribution in [0.25, 0.3) is 0 Å². The normalized spacial score (nSPS) is 17.7. The third-order valence-corrected chi connectivity index (χ3v) is 8.42. The second-order valence-corrected chi connectivity index (χ2v) is 10.5. The number of rotatable bonds is 5. The van der Waals surface area contributed by atoms with Gasteiger partial charge < -0.3 is 4.90 Å². The molecule has 0 radical (unpaired) electrons.